The lowest BCUT2D eigenvalue weighted by atomic mass is 10.1. The number of carboxylic acids is 1. The summed E-state index contributed by atoms with van der Waals surface area (Å²) < 4.78 is 37.7. The molecule has 0 fully saturated rings. The molecule has 0 spiro atoms. The predicted octanol–water partition coefficient (Wildman–Crippen LogP) is 2.07. The number of methoxy groups -OCH3 is 1. The Morgan fingerprint density at radius 3 is 2.46 bits per heavy atom. The number of nitrogens with one attached hydrogen (secondary N) is 1. The molecule has 1 atom stereocenters. The Bertz CT molecular complexity index is 851. The molecule has 2 rings (SSSR count). The number of carbonyl (C=O) groups is 1. The molecule has 1 unspecified atom stereocenters. The molecule has 26 heavy (non-hydrogen) atoms. The molecule has 7 nitrogen and oxygen atoms in total. The lowest BCUT2D eigenvalue weighted by molar-refractivity contribution is -0.139. The van der Waals surface area contributed by atoms with Gasteiger partial charge < -0.3 is 14.6 Å². The van der Waals surface area contributed by atoms with Gasteiger partial charge in [0.1, 0.15) is 0 Å². The molecule has 140 valence electrons. The quantitative estimate of drug-likeness (QED) is 0.692. The largest absolute Gasteiger partial charge is 0.493 e. The molecule has 0 radical (unpaired) electrons. The van der Waals surface area contributed by atoms with Crippen LogP contribution in [0.2, 0.25) is 0 Å². The number of ether oxygens (including phenoxy) is 2. The number of benzene rings is 2. The highest BCUT2D eigenvalue weighted by atomic mass is 32.2. The van der Waals surface area contributed by atoms with Crippen LogP contribution in [0.1, 0.15) is 12.5 Å². The van der Waals surface area contributed by atoms with Crippen molar-refractivity contribution in [2.45, 2.75) is 24.3 Å². The minimum Gasteiger partial charge on any atom is -0.493 e. The Balaban J connectivity index is 2.06. The average Bonchev–Trinajstić information content (AvgIpc) is 2.60. The summed E-state index contributed by atoms with van der Waals surface area (Å²) in [6.07, 6.45) is 0.432. The summed E-state index contributed by atoms with van der Waals surface area (Å²) in [4.78, 5) is 10.8. The van der Waals surface area contributed by atoms with E-state index in [9.17, 15) is 13.2 Å². The van der Waals surface area contributed by atoms with Crippen LogP contribution in [0.5, 0.6) is 11.5 Å². The zero-order valence-electron chi connectivity index (χ0n) is 14.5. The van der Waals surface area contributed by atoms with Crippen molar-refractivity contribution in [1.82, 2.24) is 4.72 Å². The molecule has 0 aliphatic rings. The van der Waals surface area contributed by atoms with E-state index in [1.165, 1.54) is 19.2 Å². The van der Waals surface area contributed by atoms with Gasteiger partial charge in [-0.05, 0) is 43.2 Å². The molecule has 0 heterocycles. The Hall–Kier alpha value is -2.58. The number of rotatable bonds is 9. The standard InChI is InChI=1S/C18H21NO6S/c1-13(19-26(22,23)15-6-4-3-5-7-15)10-14-8-9-16(17(11-14)24-2)25-12-18(20)21/h3-9,11,13,19H,10,12H2,1-2H3,(H,20,21). The minimum atomic E-state index is -3.59. The third-order valence-electron chi connectivity index (χ3n) is 3.53. The van der Waals surface area contributed by atoms with Crippen molar-refractivity contribution in [2.75, 3.05) is 13.7 Å². The molecule has 2 N–H and O–H groups in total. The molecular formula is C18H21NO6S. The van der Waals surface area contributed by atoms with Crippen molar-refractivity contribution in [2.24, 2.45) is 0 Å². The van der Waals surface area contributed by atoms with Gasteiger partial charge in [-0.15, -0.1) is 0 Å². The fourth-order valence-electron chi connectivity index (χ4n) is 2.43. The highest BCUT2D eigenvalue weighted by Gasteiger charge is 2.18. The first-order chi connectivity index (χ1) is 12.3. The van der Waals surface area contributed by atoms with E-state index >= 15 is 0 Å². The van der Waals surface area contributed by atoms with Gasteiger partial charge in [0.2, 0.25) is 10.0 Å². The smallest absolute Gasteiger partial charge is 0.341 e. The van der Waals surface area contributed by atoms with Crippen molar-refractivity contribution < 1.29 is 27.8 Å². The van der Waals surface area contributed by atoms with E-state index in [0.717, 1.165) is 5.56 Å². The summed E-state index contributed by atoms with van der Waals surface area (Å²) in [6.45, 7) is 1.30. The Morgan fingerprint density at radius 1 is 1.15 bits per heavy atom. The van der Waals surface area contributed by atoms with E-state index < -0.39 is 22.6 Å². The molecule has 0 aliphatic carbocycles. The van der Waals surface area contributed by atoms with Gasteiger partial charge >= 0.3 is 5.97 Å². The Morgan fingerprint density at radius 2 is 1.85 bits per heavy atom. The second-order valence-corrected chi connectivity index (χ2v) is 7.42. The molecule has 0 saturated carbocycles. The van der Waals surface area contributed by atoms with Crippen molar-refractivity contribution in [3.63, 3.8) is 0 Å². The summed E-state index contributed by atoms with van der Waals surface area (Å²) in [5.41, 5.74) is 0.827. The van der Waals surface area contributed by atoms with Crippen LogP contribution in [0, 0.1) is 0 Å². The maximum atomic E-state index is 12.3. The zero-order valence-corrected chi connectivity index (χ0v) is 15.3. The van der Waals surface area contributed by atoms with Gasteiger partial charge in [-0.25, -0.2) is 17.9 Å². The van der Waals surface area contributed by atoms with Gasteiger partial charge in [-0.3, -0.25) is 0 Å². The number of hydrogen-bond acceptors (Lipinski definition) is 5. The van der Waals surface area contributed by atoms with E-state index in [1.54, 1.807) is 43.3 Å². The van der Waals surface area contributed by atoms with E-state index in [4.69, 9.17) is 14.6 Å². The average molecular weight is 379 g/mol. The van der Waals surface area contributed by atoms with Gasteiger partial charge in [-0.2, -0.15) is 0 Å². The summed E-state index contributed by atoms with van der Waals surface area (Å²) in [7, 11) is -2.14. The van der Waals surface area contributed by atoms with Gasteiger partial charge in [0.15, 0.2) is 18.1 Å². The fourth-order valence-corrected chi connectivity index (χ4v) is 3.69. The second-order valence-electron chi connectivity index (χ2n) is 5.71. The number of hydrogen-bond donors (Lipinski definition) is 2. The first-order valence-corrected chi connectivity index (χ1v) is 9.39. The molecular weight excluding hydrogens is 358 g/mol. The summed E-state index contributed by atoms with van der Waals surface area (Å²) in [5, 5.41) is 8.68. The maximum Gasteiger partial charge on any atom is 0.341 e. The van der Waals surface area contributed by atoms with Crippen LogP contribution in [-0.4, -0.2) is 39.3 Å². The third-order valence-corrected chi connectivity index (χ3v) is 5.14. The van der Waals surface area contributed by atoms with Gasteiger partial charge in [0, 0.05) is 6.04 Å². The first kappa shape index (κ1) is 19.7. The van der Waals surface area contributed by atoms with Crippen LogP contribution in [0.25, 0.3) is 0 Å². The zero-order chi connectivity index (χ0) is 19.2. The monoisotopic (exact) mass is 379 g/mol. The summed E-state index contributed by atoms with van der Waals surface area (Å²) in [6, 6.07) is 12.9. The lowest BCUT2D eigenvalue weighted by Gasteiger charge is -2.16. The third kappa shape index (κ3) is 5.47. The molecule has 0 aromatic heterocycles. The van der Waals surface area contributed by atoms with Crippen LogP contribution in [0.3, 0.4) is 0 Å². The van der Waals surface area contributed by atoms with Gasteiger partial charge in [0.25, 0.3) is 0 Å². The first-order valence-electron chi connectivity index (χ1n) is 7.90. The van der Waals surface area contributed by atoms with Crippen molar-refractivity contribution in [3.05, 3.63) is 54.1 Å². The van der Waals surface area contributed by atoms with Crippen LogP contribution < -0.4 is 14.2 Å². The van der Waals surface area contributed by atoms with Crippen LogP contribution in [0.15, 0.2) is 53.4 Å². The highest BCUT2D eigenvalue weighted by Crippen LogP contribution is 2.28. The highest BCUT2D eigenvalue weighted by molar-refractivity contribution is 7.89. The van der Waals surface area contributed by atoms with Crippen LogP contribution >= 0.6 is 0 Å². The van der Waals surface area contributed by atoms with Crippen molar-refractivity contribution in [1.29, 1.82) is 0 Å². The summed E-state index contributed by atoms with van der Waals surface area (Å²) in [5.74, 6) is -0.377. The molecule has 0 amide bonds. The van der Waals surface area contributed by atoms with Crippen LogP contribution in [0.4, 0.5) is 0 Å². The summed E-state index contributed by atoms with van der Waals surface area (Å²) >= 11 is 0. The van der Waals surface area contributed by atoms with E-state index in [1.807, 2.05) is 0 Å². The topological polar surface area (TPSA) is 102 Å². The Labute approximate surface area is 152 Å². The van der Waals surface area contributed by atoms with Gasteiger partial charge in [-0.1, -0.05) is 24.3 Å². The minimum absolute atomic E-state index is 0.210. The normalized spacial score (nSPS) is 12.4. The van der Waals surface area contributed by atoms with Crippen molar-refractivity contribution >= 4 is 16.0 Å². The van der Waals surface area contributed by atoms with E-state index in [2.05, 4.69) is 4.72 Å². The van der Waals surface area contributed by atoms with E-state index in [-0.39, 0.29) is 10.9 Å². The number of sulfonamides is 1. The maximum absolute atomic E-state index is 12.3. The number of carboxylic acid groups (broad SMARTS) is 1. The molecule has 0 aliphatic heterocycles. The Kier molecular flexibility index (Phi) is 6.59. The van der Waals surface area contributed by atoms with Crippen molar-refractivity contribution in [3.8, 4) is 11.5 Å². The molecule has 2 aromatic rings. The number of aliphatic carboxylic acids is 1. The predicted molar refractivity (Wildman–Crippen MR) is 96.1 cm³/mol. The van der Waals surface area contributed by atoms with Crippen LogP contribution in [-0.2, 0) is 21.2 Å². The fraction of sp³-hybridized carbons (Fsp3) is 0.278. The molecule has 0 saturated heterocycles. The lowest BCUT2D eigenvalue weighted by Crippen LogP contribution is -2.34. The SMILES string of the molecule is COc1cc(CC(C)NS(=O)(=O)c2ccccc2)ccc1OCC(=O)O. The van der Waals surface area contributed by atoms with E-state index in [0.29, 0.717) is 17.9 Å². The molecule has 2 aromatic carbocycles. The molecule has 8 heteroatoms. The second kappa shape index (κ2) is 8.68. The molecule has 0 bridgehead atoms. The van der Waals surface area contributed by atoms with Gasteiger partial charge in [0.05, 0.1) is 12.0 Å².